The first-order chi connectivity index (χ1) is 15.8. The molecule has 0 N–H and O–H groups in total. The maximum Gasteiger partial charge on any atom is 0.159 e. The third-order valence-corrected chi connectivity index (χ3v) is 7.09. The van der Waals surface area contributed by atoms with Crippen LogP contribution in [-0.4, -0.2) is 16.6 Å². The maximum absolute atomic E-state index is 6.01. The molecule has 0 radical (unpaired) electrons. The zero-order valence-corrected chi connectivity index (χ0v) is 20.5. The molecule has 1 aliphatic carbocycles. The summed E-state index contributed by atoms with van der Waals surface area (Å²) in [5.74, 6) is 3.67. The molecule has 3 rings (SSSR count). The van der Waals surface area contributed by atoms with E-state index in [1.165, 1.54) is 82.6 Å². The van der Waals surface area contributed by atoms with Crippen molar-refractivity contribution < 1.29 is 4.74 Å². The summed E-state index contributed by atoms with van der Waals surface area (Å²) in [4.78, 5) is 9.12. The Kier molecular flexibility index (Phi) is 11.0. The fourth-order valence-electron chi connectivity index (χ4n) is 4.97. The molecule has 0 unspecified atom stereocenters. The largest absolute Gasteiger partial charge is 0.494 e. The van der Waals surface area contributed by atoms with Crippen LogP contribution in [0.15, 0.2) is 36.7 Å². The van der Waals surface area contributed by atoms with E-state index >= 15 is 0 Å². The van der Waals surface area contributed by atoms with E-state index in [0.29, 0.717) is 0 Å². The zero-order valence-electron chi connectivity index (χ0n) is 20.5. The summed E-state index contributed by atoms with van der Waals surface area (Å²) in [7, 11) is 0. The lowest BCUT2D eigenvalue weighted by molar-refractivity contribution is 0.228. The summed E-state index contributed by atoms with van der Waals surface area (Å²) in [5.41, 5.74) is 2.28. The van der Waals surface area contributed by atoms with Crippen LogP contribution in [0.4, 0.5) is 0 Å². The molecule has 3 heteroatoms. The Morgan fingerprint density at radius 1 is 0.750 bits per heavy atom. The fourth-order valence-corrected chi connectivity index (χ4v) is 4.97. The van der Waals surface area contributed by atoms with Gasteiger partial charge in [0.25, 0.3) is 0 Å². The van der Waals surface area contributed by atoms with Gasteiger partial charge in [-0.25, -0.2) is 9.97 Å². The van der Waals surface area contributed by atoms with Gasteiger partial charge in [0, 0.05) is 18.0 Å². The normalized spacial score (nSPS) is 18.6. The van der Waals surface area contributed by atoms with Gasteiger partial charge in [-0.3, -0.25) is 0 Å². The van der Waals surface area contributed by atoms with Crippen molar-refractivity contribution in [1.29, 1.82) is 0 Å². The predicted octanol–water partition coefficient (Wildman–Crippen LogP) is 8.42. The molecule has 0 aliphatic heterocycles. The van der Waals surface area contributed by atoms with E-state index in [1.54, 1.807) is 0 Å². The number of unbranched alkanes of at least 4 members (excludes halogenated alkanes) is 4. The molecule has 0 spiro atoms. The molecule has 1 aromatic heterocycles. The number of benzene rings is 1. The smallest absolute Gasteiger partial charge is 0.159 e. The van der Waals surface area contributed by atoms with Gasteiger partial charge in [-0.2, -0.15) is 0 Å². The lowest BCUT2D eigenvalue weighted by Crippen LogP contribution is -2.15. The Labute approximate surface area is 196 Å². The van der Waals surface area contributed by atoms with Crippen molar-refractivity contribution in [3.8, 4) is 17.1 Å². The molecule has 3 nitrogen and oxygen atoms in total. The van der Waals surface area contributed by atoms with Crippen LogP contribution in [0.5, 0.6) is 5.75 Å². The number of aromatic nitrogens is 2. The molecule has 1 fully saturated rings. The molecule has 2 aromatic rings. The average Bonchev–Trinajstić information content (AvgIpc) is 2.84. The lowest BCUT2D eigenvalue weighted by atomic mass is 9.78. The summed E-state index contributed by atoms with van der Waals surface area (Å²) in [5, 5.41) is 0. The van der Waals surface area contributed by atoms with Crippen LogP contribution in [0.3, 0.4) is 0 Å². The first kappa shape index (κ1) is 24.7. The van der Waals surface area contributed by atoms with Crippen molar-refractivity contribution in [3.63, 3.8) is 0 Å². The topological polar surface area (TPSA) is 35.0 Å². The molecular formula is C29H44N2O. The van der Waals surface area contributed by atoms with Crippen molar-refractivity contribution in [3.05, 3.63) is 42.2 Å². The Balaban J connectivity index is 1.32. The second-order valence-electron chi connectivity index (χ2n) is 9.77. The molecule has 1 aromatic carbocycles. The number of hydrogen-bond donors (Lipinski definition) is 0. The monoisotopic (exact) mass is 436 g/mol. The van der Waals surface area contributed by atoms with Gasteiger partial charge in [-0.05, 0) is 67.3 Å². The quantitative estimate of drug-likeness (QED) is 0.279. The predicted molar refractivity (Wildman–Crippen MR) is 135 cm³/mol. The van der Waals surface area contributed by atoms with Crippen molar-refractivity contribution in [2.75, 3.05) is 6.61 Å². The fraction of sp³-hybridized carbons (Fsp3) is 0.655. The van der Waals surface area contributed by atoms with Gasteiger partial charge in [0.15, 0.2) is 5.82 Å². The highest BCUT2D eigenvalue weighted by Crippen LogP contribution is 2.34. The minimum atomic E-state index is 0.793. The summed E-state index contributed by atoms with van der Waals surface area (Å²) < 4.78 is 6.01. The van der Waals surface area contributed by atoms with Gasteiger partial charge in [-0.1, -0.05) is 78.1 Å². The van der Waals surface area contributed by atoms with Gasteiger partial charge in [0.2, 0.25) is 0 Å². The van der Waals surface area contributed by atoms with E-state index in [4.69, 9.17) is 4.74 Å². The van der Waals surface area contributed by atoms with Crippen molar-refractivity contribution >= 4 is 0 Å². The van der Waals surface area contributed by atoms with Crippen LogP contribution in [0, 0.1) is 11.8 Å². The SMILES string of the molecule is CCCCCc1cnc(-c2ccc(OCCC[C@H]3CC[C@H](CCCCC)CC3)cc2)nc1. The van der Waals surface area contributed by atoms with Crippen molar-refractivity contribution in [2.24, 2.45) is 11.8 Å². The number of rotatable bonds is 14. The van der Waals surface area contributed by atoms with E-state index in [0.717, 1.165) is 48.4 Å². The summed E-state index contributed by atoms with van der Waals surface area (Å²) in [6.07, 6.45) is 22.7. The van der Waals surface area contributed by atoms with E-state index in [2.05, 4.69) is 48.1 Å². The Morgan fingerprint density at radius 3 is 1.97 bits per heavy atom. The molecule has 176 valence electrons. The molecule has 0 saturated heterocycles. The number of hydrogen-bond acceptors (Lipinski definition) is 3. The third-order valence-electron chi connectivity index (χ3n) is 7.09. The van der Waals surface area contributed by atoms with Crippen LogP contribution in [-0.2, 0) is 6.42 Å². The molecule has 0 atom stereocenters. The molecule has 0 amide bonds. The maximum atomic E-state index is 6.01. The van der Waals surface area contributed by atoms with Gasteiger partial charge >= 0.3 is 0 Å². The average molecular weight is 437 g/mol. The first-order valence-electron chi connectivity index (χ1n) is 13.3. The standard InChI is InChI=1S/C29H44N2O/c1-3-5-7-10-24-13-15-25(16-14-24)12-9-21-32-28-19-17-27(18-20-28)29-30-22-26(23-31-29)11-8-6-4-2/h17-20,22-25H,3-16,21H2,1-2H3/t24-,25-. The van der Waals surface area contributed by atoms with Crippen molar-refractivity contribution in [1.82, 2.24) is 9.97 Å². The highest BCUT2D eigenvalue weighted by molar-refractivity contribution is 5.55. The van der Waals surface area contributed by atoms with Crippen LogP contribution >= 0.6 is 0 Å². The van der Waals surface area contributed by atoms with Gasteiger partial charge in [-0.15, -0.1) is 0 Å². The first-order valence-corrected chi connectivity index (χ1v) is 13.3. The van der Waals surface area contributed by atoms with E-state index in [9.17, 15) is 0 Å². The van der Waals surface area contributed by atoms with E-state index in [1.807, 2.05) is 12.4 Å². The highest BCUT2D eigenvalue weighted by atomic mass is 16.5. The molecule has 1 heterocycles. The molecule has 1 aliphatic rings. The van der Waals surface area contributed by atoms with Crippen LogP contribution < -0.4 is 4.74 Å². The summed E-state index contributed by atoms with van der Waals surface area (Å²) in [6, 6.07) is 8.24. The second kappa shape index (κ2) is 14.3. The van der Waals surface area contributed by atoms with Crippen molar-refractivity contribution in [2.45, 2.75) is 104 Å². The minimum absolute atomic E-state index is 0.793. The number of aryl methyl sites for hydroxylation is 1. The third kappa shape index (κ3) is 8.56. The molecule has 32 heavy (non-hydrogen) atoms. The Bertz CT molecular complexity index is 733. The Morgan fingerprint density at radius 2 is 1.34 bits per heavy atom. The molecule has 0 bridgehead atoms. The summed E-state index contributed by atoms with van der Waals surface area (Å²) >= 11 is 0. The second-order valence-corrected chi connectivity index (χ2v) is 9.77. The molecule has 1 saturated carbocycles. The van der Waals surface area contributed by atoms with Crippen LogP contribution in [0.2, 0.25) is 0 Å². The summed E-state index contributed by atoms with van der Waals surface area (Å²) in [6.45, 7) is 5.35. The zero-order chi connectivity index (χ0) is 22.4. The minimum Gasteiger partial charge on any atom is -0.494 e. The van der Waals surface area contributed by atoms with Gasteiger partial charge in [0.05, 0.1) is 6.61 Å². The highest BCUT2D eigenvalue weighted by Gasteiger charge is 2.20. The Hall–Kier alpha value is -1.90. The number of ether oxygens (including phenoxy) is 1. The van der Waals surface area contributed by atoms with E-state index in [-0.39, 0.29) is 0 Å². The number of nitrogens with zero attached hydrogens (tertiary/aromatic N) is 2. The van der Waals surface area contributed by atoms with Crippen LogP contribution in [0.25, 0.3) is 11.4 Å². The van der Waals surface area contributed by atoms with E-state index < -0.39 is 0 Å². The van der Waals surface area contributed by atoms with Gasteiger partial charge < -0.3 is 4.74 Å². The van der Waals surface area contributed by atoms with Gasteiger partial charge in [0.1, 0.15) is 5.75 Å². The molecular weight excluding hydrogens is 392 g/mol. The van der Waals surface area contributed by atoms with Crippen LogP contribution in [0.1, 0.15) is 103 Å². The lowest BCUT2D eigenvalue weighted by Gasteiger charge is -2.28.